The Morgan fingerprint density at radius 2 is 1.74 bits per heavy atom. The zero-order chi connectivity index (χ0) is 21.8. The third-order valence-electron chi connectivity index (χ3n) is 4.56. The molecule has 0 unspecified atom stereocenters. The van der Waals surface area contributed by atoms with Gasteiger partial charge in [0.15, 0.2) is 0 Å². The summed E-state index contributed by atoms with van der Waals surface area (Å²) in [5.41, 5.74) is 2.28. The lowest BCUT2D eigenvalue weighted by Gasteiger charge is -2.08. The number of azo groups is 1. The summed E-state index contributed by atoms with van der Waals surface area (Å²) in [7, 11) is 0. The number of thiazole rings is 1. The van der Waals surface area contributed by atoms with Crippen LogP contribution in [0.5, 0.6) is 23.0 Å². The lowest BCUT2D eigenvalue weighted by atomic mass is 10.2. The first-order valence-corrected chi connectivity index (χ1v) is 10.7. The summed E-state index contributed by atoms with van der Waals surface area (Å²) in [6.45, 7) is 2.60. The Hall–Kier alpha value is -3.65. The molecular formula is C23H21N3O4S. The molecule has 0 bridgehead atoms. The normalized spacial score (nSPS) is 11.4. The van der Waals surface area contributed by atoms with E-state index in [1.807, 2.05) is 0 Å². The first-order valence-electron chi connectivity index (χ1n) is 9.84. The van der Waals surface area contributed by atoms with Crippen molar-refractivity contribution in [3.63, 3.8) is 0 Å². The molecule has 0 fully saturated rings. The van der Waals surface area contributed by atoms with E-state index in [0.717, 1.165) is 23.1 Å². The number of hydrogen-bond donors (Lipinski definition) is 3. The van der Waals surface area contributed by atoms with Gasteiger partial charge in [-0.3, -0.25) is 0 Å². The minimum atomic E-state index is 0.0323. The highest BCUT2D eigenvalue weighted by Gasteiger charge is 2.12. The minimum Gasteiger partial charge on any atom is -0.508 e. The van der Waals surface area contributed by atoms with Crippen molar-refractivity contribution >= 4 is 32.9 Å². The summed E-state index contributed by atoms with van der Waals surface area (Å²) >= 11 is 1.38. The Morgan fingerprint density at radius 1 is 0.935 bits per heavy atom. The zero-order valence-corrected chi connectivity index (χ0v) is 17.6. The maximum Gasteiger partial charge on any atom is 0.150 e. The van der Waals surface area contributed by atoms with Gasteiger partial charge in [-0.15, -0.1) is 16.5 Å². The molecular weight excluding hydrogens is 414 g/mol. The van der Waals surface area contributed by atoms with Gasteiger partial charge in [-0.1, -0.05) is 13.3 Å². The van der Waals surface area contributed by atoms with Gasteiger partial charge in [0.1, 0.15) is 33.7 Å². The van der Waals surface area contributed by atoms with Crippen molar-refractivity contribution in [3.05, 3.63) is 54.6 Å². The van der Waals surface area contributed by atoms with E-state index in [2.05, 4.69) is 22.1 Å². The van der Waals surface area contributed by atoms with Gasteiger partial charge in [0.2, 0.25) is 0 Å². The molecule has 158 valence electrons. The Bertz CT molecular complexity index is 1250. The van der Waals surface area contributed by atoms with E-state index in [4.69, 9.17) is 4.74 Å². The molecule has 3 N–H and O–H groups in total. The van der Waals surface area contributed by atoms with Crippen LogP contribution >= 0.6 is 11.3 Å². The fourth-order valence-electron chi connectivity index (χ4n) is 2.93. The predicted molar refractivity (Wildman–Crippen MR) is 121 cm³/mol. The fourth-order valence-corrected chi connectivity index (χ4v) is 3.96. The number of nitrogens with zero attached hydrogens (tertiary/aromatic N) is 3. The van der Waals surface area contributed by atoms with Crippen LogP contribution in [0.2, 0.25) is 0 Å². The maximum absolute atomic E-state index is 10.5. The van der Waals surface area contributed by atoms with E-state index < -0.39 is 0 Å². The minimum absolute atomic E-state index is 0.0323. The van der Waals surface area contributed by atoms with Crippen molar-refractivity contribution in [3.8, 4) is 33.6 Å². The Labute approximate surface area is 182 Å². The summed E-state index contributed by atoms with van der Waals surface area (Å²) in [6, 6.07) is 14.6. The number of rotatable bonds is 7. The topological polar surface area (TPSA) is 108 Å². The highest BCUT2D eigenvalue weighted by molar-refractivity contribution is 7.21. The quantitative estimate of drug-likeness (QED) is 0.222. The fraction of sp³-hybridized carbons (Fsp3) is 0.174. The Kier molecular flexibility index (Phi) is 5.99. The lowest BCUT2D eigenvalue weighted by molar-refractivity contribution is 0.308. The number of fused-ring (bicyclic) bond motifs is 1. The van der Waals surface area contributed by atoms with Crippen molar-refractivity contribution < 1.29 is 20.1 Å². The number of aromatic nitrogens is 1. The van der Waals surface area contributed by atoms with Gasteiger partial charge < -0.3 is 20.1 Å². The summed E-state index contributed by atoms with van der Waals surface area (Å²) < 4.78 is 6.53. The van der Waals surface area contributed by atoms with E-state index in [1.165, 1.54) is 29.5 Å². The van der Waals surface area contributed by atoms with Crippen LogP contribution < -0.4 is 4.74 Å². The molecule has 1 aromatic heterocycles. The van der Waals surface area contributed by atoms with Crippen LogP contribution in [0.3, 0.4) is 0 Å². The first kappa shape index (κ1) is 20.6. The van der Waals surface area contributed by atoms with Gasteiger partial charge in [-0.25, -0.2) is 4.98 Å². The van der Waals surface area contributed by atoms with Crippen molar-refractivity contribution in [2.24, 2.45) is 10.2 Å². The van der Waals surface area contributed by atoms with Crippen LogP contribution in [-0.2, 0) is 0 Å². The summed E-state index contributed by atoms with van der Waals surface area (Å²) in [4.78, 5) is 4.52. The molecule has 8 heteroatoms. The molecule has 0 spiro atoms. The van der Waals surface area contributed by atoms with Crippen molar-refractivity contribution in [1.29, 1.82) is 0 Å². The van der Waals surface area contributed by atoms with E-state index in [-0.39, 0.29) is 17.2 Å². The van der Waals surface area contributed by atoms with Crippen LogP contribution in [0.15, 0.2) is 64.8 Å². The number of phenols is 3. The molecule has 4 aromatic rings. The first-order chi connectivity index (χ1) is 15.0. The van der Waals surface area contributed by atoms with Gasteiger partial charge in [0.25, 0.3) is 0 Å². The predicted octanol–water partition coefficient (Wildman–Crippen LogP) is 6.67. The number of benzene rings is 3. The van der Waals surface area contributed by atoms with Crippen LogP contribution in [-0.4, -0.2) is 26.9 Å². The standard InChI is InChI=1S/C23H21N3O4S/c1-2-3-10-30-21-12-15(27)5-8-18(21)26-25-14-4-7-17(20(29)11-14)23-24-19-9-6-16(28)13-22(19)31-23/h4-9,11-13,27-29H,2-3,10H2,1H3/b26-25+. The molecule has 4 rings (SSSR count). The maximum atomic E-state index is 10.5. The Balaban J connectivity index is 1.58. The molecule has 0 aliphatic rings. The average Bonchev–Trinajstić information content (AvgIpc) is 3.16. The smallest absolute Gasteiger partial charge is 0.150 e. The van der Waals surface area contributed by atoms with Crippen LogP contribution in [0, 0.1) is 0 Å². The van der Waals surface area contributed by atoms with Gasteiger partial charge >= 0.3 is 0 Å². The highest BCUT2D eigenvalue weighted by atomic mass is 32.1. The monoisotopic (exact) mass is 435 g/mol. The molecule has 0 radical (unpaired) electrons. The van der Waals surface area contributed by atoms with Crippen molar-refractivity contribution in [1.82, 2.24) is 4.98 Å². The zero-order valence-electron chi connectivity index (χ0n) is 16.8. The molecule has 0 saturated heterocycles. The number of unbranched alkanes of at least 4 members (excludes halogenated alkanes) is 1. The van der Waals surface area contributed by atoms with Crippen molar-refractivity contribution in [2.45, 2.75) is 19.8 Å². The van der Waals surface area contributed by atoms with Gasteiger partial charge in [-0.2, -0.15) is 5.11 Å². The van der Waals surface area contributed by atoms with Crippen LogP contribution in [0.1, 0.15) is 19.8 Å². The van der Waals surface area contributed by atoms with Crippen LogP contribution in [0.4, 0.5) is 11.4 Å². The second-order valence-corrected chi connectivity index (χ2v) is 7.96. The summed E-state index contributed by atoms with van der Waals surface area (Å²) in [6.07, 6.45) is 1.89. The SMILES string of the molecule is CCCCOc1cc(O)ccc1/N=N/c1ccc(-c2nc3ccc(O)cc3s2)c(O)c1. The largest absolute Gasteiger partial charge is 0.508 e. The second-order valence-electron chi connectivity index (χ2n) is 6.93. The van der Waals surface area contributed by atoms with Gasteiger partial charge in [0, 0.05) is 12.1 Å². The summed E-state index contributed by atoms with van der Waals surface area (Å²) in [5.74, 6) is 0.757. The Morgan fingerprint density at radius 3 is 2.55 bits per heavy atom. The lowest BCUT2D eigenvalue weighted by Crippen LogP contribution is -1.96. The van der Waals surface area contributed by atoms with E-state index in [1.54, 1.807) is 36.4 Å². The molecule has 7 nitrogen and oxygen atoms in total. The molecule has 0 saturated carbocycles. The van der Waals surface area contributed by atoms with E-state index >= 15 is 0 Å². The molecule has 0 aliphatic carbocycles. The third-order valence-corrected chi connectivity index (χ3v) is 5.61. The molecule has 1 heterocycles. The van der Waals surface area contributed by atoms with E-state index in [0.29, 0.717) is 34.3 Å². The molecule has 0 amide bonds. The van der Waals surface area contributed by atoms with Gasteiger partial charge in [0.05, 0.1) is 28.1 Å². The third kappa shape index (κ3) is 4.75. The number of ether oxygens (including phenoxy) is 1. The number of phenolic OH excluding ortho intramolecular Hbond substituents is 3. The molecule has 0 aliphatic heterocycles. The number of hydrogen-bond acceptors (Lipinski definition) is 8. The second kappa shape index (κ2) is 9.01. The number of aromatic hydroxyl groups is 3. The average molecular weight is 436 g/mol. The molecule has 3 aromatic carbocycles. The van der Waals surface area contributed by atoms with Crippen LogP contribution in [0.25, 0.3) is 20.8 Å². The van der Waals surface area contributed by atoms with Gasteiger partial charge in [-0.05, 0) is 48.9 Å². The van der Waals surface area contributed by atoms with E-state index in [9.17, 15) is 15.3 Å². The highest BCUT2D eigenvalue weighted by Crippen LogP contribution is 2.39. The van der Waals surface area contributed by atoms with Crippen molar-refractivity contribution in [2.75, 3.05) is 6.61 Å². The summed E-state index contributed by atoms with van der Waals surface area (Å²) in [5, 5.41) is 38.9. The molecule has 0 atom stereocenters. The molecule has 31 heavy (non-hydrogen) atoms.